The highest BCUT2D eigenvalue weighted by atomic mass is 16.5. The molecule has 0 atom stereocenters. The Bertz CT molecular complexity index is 373. The van der Waals surface area contributed by atoms with Crippen LogP contribution in [0.25, 0.3) is 0 Å². The zero-order chi connectivity index (χ0) is 15.6. The topological polar surface area (TPSA) is 77.3 Å². The van der Waals surface area contributed by atoms with Crippen LogP contribution in [0.15, 0.2) is 9.98 Å². The van der Waals surface area contributed by atoms with Gasteiger partial charge in [0.15, 0.2) is 0 Å². The Labute approximate surface area is 120 Å². The fourth-order valence-electron chi connectivity index (χ4n) is 1.23. The second kappa shape index (κ2) is 8.45. The van der Waals surface area contributed by atoms with Crippen LogP contribution < -0.4 is 0 Å². The number of hydrogen-bond acceptors (Lipinski definition) is 6. The first-order chi connectivity index (χ1) is 9.18. The highest BCUT2D eigenvalue weighted by molar-refractivity contribution is 5.69. The van der Waals surface area contributed by atoms with Gasteiger partial charge in [0.2, 0.25) is 0 Å². The van der Waals surface area contributed by atoms with Gasteiger partial charge >= 0.3 is 5.97 Å². The summed E-state index contributed by atoms with van der Waals surface area (Å²) in [7, 11) is 0. The van der Waals surface area contributed by atoms with Gasteiger partial charge in [-0.15, -0.1) is 0 Å². The summed E-state index contributed by atoms with van der Waals surface area (Å²) in [4.78, 5) is 29.2. The van der Waals surface area contributed by atoms with E-state index in [4.69, 9.17) is 9.47 Å². The SMILES string of the molecule is CC(=O)OCC(C)(C)C=NCN=CC(C)(C)COC=O. The molecular weight excluding hydrogens is 260 g/mol. The first-order valence-electron chi connectivity index (χ1n) is 6.39. The smallest absolute Gasteiger partial charge is 0.302 e. The van der Waals surface area contributed by atoms with E-state index in [1.807, 2.05) is 27.7 Å². The number of hydrogen-bond donors (Lipinski definition) is 0. The summed E-state index contributed by atoms with van der Waals surface area (Å²) < 4.78 is 9.65. The molecule has 6 heteroatoms. The molecule has 0 rings (SSSR count). The van der Waals surface area contributed by atoms with E-state index in [0.717, 1.165) is 0 Å². The summed E-state index contributed by atoms with van der Waals surface area (Å²) in [6, 6.07) is 0. The molecule has 0 heterocycles. The maximum absolute atomic E-state index is 10.7. The van der Waals surface area contributed by atoms with Gasteiger partial charge in [0.1, 0.15) is 19.9 Å². The van der Waals surface area contributed by atoms with Crippen molar-refractivity contribution in [3.63, 3.8) is 0 Å². The Hall–Kier alpha value is -1.72. The van der Waals surface area contributed by atoms with Crippen molar-refractivity contribution in [2.45, 2.75) is 34.6 Å². The zero-order valence-electron chi connectivity index (χ0n) is 12.9. The van der Waals surface area contributed by atoms with E-state index >= 15 is 0 Å². The first-order valence-corrected chi connectivity index (χ1v) is 6.39. The number of esters is 1. The summed E-state index contributed by atoms with van der Waals surface area (Å²) in [6.45, 7) is 10.3. The number of nitrogens with zero attached hydrogens (tertiary/aromatic N) is 2. The predicted molar refractivity (Wildman–Crippen MR) is 78.1 cm³/mol. The van der Waals surface area contributed by atoms with Gasteiger partial charge in [-0.3, -0.25) is 19.6 Å². The molecule has 0 aromatic heterocycles. The van der Waals surface area contributed by atoms with E-state index in [-0.39, 0.29) is 36.7 Å². The van der Waals surface area contributed by atoms with Gasteiger partial charge in [0.25, 0.3) is 6.47 Å². The quantitative estimate of drug-likeness (QED) is 0.368. The Morgan fingerprint density at radius 2 is 1.55 bits per heavy atom. The van der Waals surface area contributed by atoms with Crippen LogP contribution in [-0.2, 0) is 19.1 Å². The maximum atomic E-state index is 10.7. The lowest BCUT2D eigenvalue weighted by atomic mass is 9.97. The summed E-state index contributed by atoms with van der Waals surface area (Å²) >= 11 is 0. The molecule has 0 bridgehead atoms. The van der Waals surface area contributed by atoms with E-state index in [9.17, 15) is 9.59 Å². The number of carbonyl (C=O) groups is 2. The van der Waals surface area contributed by atoms with Gasteiger partial charge < -0.3 is 9.47 Å². The van der Waals surface area contributed by atoms with Crippen LogP contribution in [0, 0.1) is 10.8 Å². The summed E-state index contributed by atoms with van der Waals surface area (Å²) in [5, 5.41) is 0. The molecule has 114 valence electrons. The van der Waals surface area contributed by atoms with Crippen molar-refractivity contribution in [1.82, 2.24) is 0 Å². The molecule has 0 aliphatic heterocycles. The van der Waals surface area contributed by atoms with Crippen molar-refractivity contribution in [3.8, 4) is 0 Å². The highest BCUT2D eigenvalue weighted by Gasteiger charge is 2.17. The van der Waals surface area contributed by atoms with Crippen LogP contribution in [0.2, 0.25) is 0 Å². The monoisotopic (exact) mass is 284 g/mol. The summed E-state index contributed by atoms with van der Waals surface area (Å²) in [5.41, 5.74) is -0.638. The normalized spacial score (nSPS) is 12.8. The maximum Gasteiger partial charge on any atom is 0.302 e. The molecule has 0 saturated carbocycles. The van der Waals surface area contributed by atoms with Gasteiger partial charge in [-0.1, -0.05) is 27.7 Å². The Kier molecular flexibility index (Phi) is 7.72. The van der Waals surface area contributed by atoms with Crippen LogP contribution in [0.1, 0.15) is 34.6 Å². The molecule has 0 aliphatic carbocycles. The fraction of sp³-hybridized carbons (Fsp3) is 0.714. The van der Waals surface area contributed by atoms with Crippen molar-refractivity contribution >= 4 is 24.9 Å². The molecule has 0 fully saturated rings. The molecule has 0 aromatic carbocycles. The lowest BCUT2D eigenvalue weighted by Crippen LogP contribution is -2.22. The van der Waals surface area contributed by atoms with Crippen molar-refractivity contribution in [1.29, 1.82) is 0 Å². The second-order valence-corrected chi connectivity index (χ2v) is 5.93. The number of aliphatic imine (C=N–C) groups is 2. The minimum atomic E-state index is -0.322. The summed E-state index contributed by atoms with van der Waals surface area (Å²) in [5.74, 6) is -0.304. The molecule has 0 unspecified atom stereocenters. The molecule has 0 radical (unpaired) electrons. The first kappa shape index (κ1) is 18.3. The third-order valence-electron chi connectivity index (χ3n) is 2.22. The zero-order valence-corrected chi connectivity index (χ0v) is 12.9. The molecule has 0 amide bonds. The number of rotatable bonds is 9. The van der Waals surface area contributed by atoms with Crippen molar-refractivity contribution in [2.24, 2.45) is 20.8 Å². The third-order valence-corrected chi connectivity index (χ3v) is 2.22. The standard InChI is InChI=1S/C14H24N2O4/c1-12(18)20-9-14(4,5)7-16-10-15-6-13(2,3)8-19-11-17/h6-7,11H,8-10H2,1-5H3. The van der Waals surface area contributed by atoms with Gasteiger partial charge in [-0.05, 0) is 0 Å². The van der Waals surface area contributed by atoms with E-state index in [0.29, 0.717) is 6.47 Å². The Morgan fingerprint density at radius 1 is 1.05 bits per heavy atom. The minimum Gasteiger partial charge on any atom is -0.467 e. The van der Waals surface area contributed by atoms with Crippen LogP contribution in [0.3, 0.4) is 0 Å². The molecule has 6 nitrogen and oxygen atoms in total. The van der Waals surface area contributed by atoms with E-state index in [1.54, 1.807) is 12.4 Å². The van der Waals surface area contributed by atoms with Crippen LogP contribution in [0.4, 0.5) is 0 Å². The van der Waals surface area contributed by atoms with Crippen LogP contribution in [-0.4, -0.2) is 44.8 Å². The summed E-state index contributed by atoms with van der Waals surface area (Å²) in [6.07, 6.45) is 3.44. The van der Waals surface area contributed by atoms with Gasteiger partial charge in [0, 0.05) is 30.2 Å². The average Bonchev–Trinajstić information content (AvgIpc) is 2.33. The molecule has 0 aliphatic rings. The van der Waals surface area contributed by atoms with E-state index in [1.165, 1.54) is 6.92 Å². The number of ether oxygens (including phenoxy) is 2. The number of carbonyl (C=O) groups excluding carboxylic acids is 2. The third kappa shape index (κ3) is 10.2. The van der Waals surface area contributed by atoms with Crippen LogP contribution in [0.5, 0.6) is 0 Å². The van der Waals surface area contributed by atoms with E-state index < -0.39 is 0 Å². The largest absolute Gasteiger partial charge is 0.467 e. The molecule has 0 spiro atoms. The highest BCUT2D eigenvalue weighted by Crippen LogP contribution is 2.13. The molecule has 20 heavy (non-hydrogen) atoms. The Morgan fingerprint density at radius 3 is 2.00 bits per heavy atom. The van der Waals surface area contributed by atoms with Gasteiger partial charge in [-0.25, -0.2) is 0 Å². The Balaban J connectivity index is 4.17. The lowest BCUT2D eigenvalue weighted by molar-refractivity contribution is -0.142. The fourth-order valence-corrected chi connectivity index (χ4v) is 1.23. The van der Waals surface area contributed by atoms with Crippen LogP contribution >= 0.6 is 0 Å². The van der Waals surface area contributed by atoms with Crippen molar-refractivity contribution < 1.29 is 19.1 Å². The second-order valence-electron chi connectivity index (χ2n) is 5.93. The molecule has 0 N–H and O–H groups in total. The molecule has 0 saturated heterocycles. The average molecular weight is 284 g/mol. The minimum absolute atomic E-state index is 0.279. The van der Waals surface area contributed by atoms with Gasteiger partial charge in [-0.2, -0.15) is 0 Å². The van der Waals surface area contributed by atoms with Crippen molar-refractivity contribution in [3.05, 3.63) is 0 Å². The van der Waals surface area contributed by atoms with E-state index in [2.05, 4.69) is 9.98 Å². The van der Waals surface area contributed by atoms with Crippen molar-refractivity contribution in [2.75, 3.05) is 19.9 Å². The molecular formula is C14H24N2O4. The predicted octanol–water partition coefficient (Wildman–Crippen LogP) is 1.87. The molecule has 0 aromatic rings. The lowest BCUT2D eigenvalue weighted by Gasteiger charge is -2.18. The van der Waals surface area contributed by atoms with Gasteiger partial charge in [0.05, 0.1) is 0 Å².